The topological polar surface area (TPSA) is 118 Å². The van der Waals surface area contributed by atoms with Crippen LogP contribution in [0.1, 0.15) is 64.8 Å². The molecule has 8 heteroatoms. The highest BCUT2D eigenvalue weighted by molar-refractivity contribution is 5.81. The van der Waals surface area contributed by atoms with Crippen LogP contribution in [0.3, 0.4) is 0 Å². The van der Waals surface area contributed by atoms with Gasteiger partial charge < -0.3 is 20.1 Å². The number of hydrogen-bond acceptors (Lipinski definition) is 7. The highest BCUT2D eigenvalue weighted by Crippen LogP contribution is 2.28. The molecule has 2 rings (SSSR count). The van der Waals surface area contributed by atoms with Gasteiger partial charge in [0.2, 0.25) is 0 Å². The Labute approximate surface area is 154 Å². The van der Waals surface area contributed by atoms with Gasteiger partial charge in [-0.3, -0.25) is 4.79 Å². The van der Waals surface area contributed by atoms with Crippen molar-refractivity contribution >= 4 is 5.78 Å². The van der Waals surface area contributed by atoms with Crippen LogP contribution in [0.2, 0.25) is 0 Å². The molecule has 0 saturated carbocycles. The summed E-state index contributed by atoms with van der Waals surface area (Å²) < 4.78 is 6.78. The van der Waals surface area contributed by atoms with E-state index in [1.165, 1.54) is 30.9 Å². The summed E-state index contributed by atoms with van der Waals surface area (Å²) in [7, 11) is 0. The van der Waals surface area contributed by atoms with Crippen molar-refractivity contribution in [1.29, 1.82) is 0 Å². The van der Waals surface area contributed by atoms with Crippen molar-refractivity contribution in [3.05, 3.63) is 11.9 Å². The van der Waals surface area contributed by atoms with Gasteiger partial charge in [-0.15, -0.1) is 5.10 Å². The fraction of sp³-hybridized carbons (Fsp3) is 0.833. The number of carbonyl (C=O) groups excluding carboxylic acids is 1. The highest BCUT2D eigenvalue weighted by atomic mass is 16.6. The Bertz CT molecular complexity index is 577. The van der Waals surface area contributed by atoms with Crippen LogP contribution in [0.5, 0.6) is 0 Å². The molecule has 5 atom stereocenters. The van der Waals surface area contributed by atoms with Crippen LogP contribution in [0, 0.1) is 5.92 Å². The normalized spacial score (nSPS) is 29.3. The predicted octanol–water partition coefficient (Wildman–Crippen LogP) is 0.996. The van der Waals surface area contributed by atoms with E-state index in [4.69, 9.17) is 4.74 Å². The molecule has 0 spiro atoms. The third-order valence-electron chi connectivity index (χ3n) is 4.77. The van der Waals surface area contributed by atoms with Gasteiger partial charge in [-0.1, -0.05) is 44.7 Å². The number of aryl methyl sites for hydroxylation is 1. The first-order valence-electron chi connectivity index (χ1n) is 9.42. The zero-order valence-corrected chi connectivity index (χ0v) is 15.8. The number of nitrogens with zero attached hydrogens (tertiary/aromatic N) is 3. The number of Topliss-reactive ketones (excluding diaryl/α,β-unsaturated/α-hetero) is 1. The molecular weight excluding hydrogens is 338 g/mol. The lowest BCUT2D eigenvalue weighted by atomic mass is 9.96. The lowest BCUT2D eigenvalue weighted by Gasteiger charge is -2.39. The largest absolute Gasteiger partial charge is 0.387 e. The van der Waals surface area contributed by atoms with Crippen LogP contribution in [-0.4, -0.2) is 60.5 Å². The van der Waals surface area contributed by atoms with Gasteiger partial charge in [0, 0.05) is 0 Å². The Hall–Kier alpha value is -1.35. The lowest BCUT2D eigenvalue weighted by Crippen LogP contribution is -2.57. The third kappa shape index (κ3) is 5.33. The molecule has 1 aliphatic heterocycles. The van der Waals surface area contributed by atoms with Crippen molar-refractivity contribution < 1.29 is 24.9 Å². The summed E-state index contributed by atoms with van der Waals surface area (Å²) in [5.74, 6) is 0.319. The van der Waals surface area contributed by atoms with E-state index in [-0.39, 0.29) is 0 Å². The molecule has 0 bridgehead atoms. The van der Waals surface area contributed by atoms with Gasteiger partial charge in [0.05, 0.1) is 11.9 Å². The van der Waals surface area contributed by atoms with Crippen LogP contribution in [0.25, 0.3) is 0 Å². The van der Waals surface area contributed by atoms with Gasteiger partial charge in [-0.05, 0) is 25.7 Å². The number of aliphatic hydroxyl groups excluding tert-OH is 3. The molecule has 0 aliphatic carbocycles. The smallest absolute Gasteiger partial charge is 0.181 e. The molecule has 26 heavy (non-hydrogen) atoms. The second-order valence-electron chi connectivity index (χ2n) is 7.57. The van der Waals surface area contributed by atoms with Gasteiger partial charge in [-0.25, -0.2) is 4.68 Å². The molecule has 1 aromatic rings. The average Bonchev–Trinajstić information content (AvgIpc) is 3.04. The fourth-order valence-electron chi connectivity index (χ4n) is 3.18. The summed E-state index contributed by atoms with van der Waals surface area (Å²) in [4.78, 5) is 11.6. The van der Waals surface area contributed by atoms with E-state index in [0.717, 1.165) is 30.9 Å². The fourth-order valence-corrected chi connectivity index (χ4v) is 3.18. The van der Waals surface area contributed by atoms with Crippen molar-refractivity contribution in [3.63, 3.8) is 0 Å². The highest BCUT2D eigenvalue weighted by Gasteiger charge is 2.46. The van der Waals surface area contributed by atoms with Crippen molar-refractivity contribution in [2.45, 2.75) is 89.9 Å². The zero-order chi connectivity index (χ0) is 19.3. The van der Waals surface area contributed by atoms with E-state index in [1.807, 2.05) is 0 Å². The summed E-state index contributed by atoms with van der Waals surface area (Å²) >= 11 is 0. The monoisotopic (exact) mass is 369 g/mol. The first-order chi connectivity index (χ1) is 12.3. The number of ketones is 1. The minimum absolute atomic E-state index is 0.421. The van der Waals surface area contributed by atoms with Gasteiger partial charge >= 0.3 is 0 Å². The molecule has 1 fully saturated rings. The van der Waals surface area contributed by atoms with Crippen molar-refractivity contribution in [2.24, 2.45) is 5.92 Å². The molecule has 1 aliphatic rings. The van der Waals surface area contributed by atoms with Gasteiger partial charge in [0.25, 0.3) is 0 Å². The molecule has 0 amide bonds. The van der Waals surface area contributed by atoms with E-state index in [2.05, 4.69) is 24.2 Å². The molecule has 1 aromatic heterocycles. The molecule has 3 N–H and O–H groups in total. The molecule has 0 aromatic carbocycles. The number of rotatable bonds is 9. The van der Waals surface area contributed by atoms with E-state index in [9.17, 15) is 20.1 Å². The van der Waals surface area contributed by atoms with E-state index < -0.39 is 36.4 Å². The molecular formula is C18H31N3O5. The molecule has 8 nitrogen and oxygen atoms in total. The van der Waals surface area contributed by atoms with Crippen LogP contribution < -0.4 is 0 Å². The van der Waals surface area contributed by atoms with Crippen LogP contribution in [-0.2, 0) is 16.0 Å². The Morgan fingerprint density at radius 3 is 2.50 bits per heavy atom. The number of ether oxygens (including phenoxy) is 1. The van der Waals surface area contributed by atoms with Crippen molar-refractivity contribution in [2.75, 3.05) is 0 Å². The van der Waals surface area contributed by atoms with Crippen molar-refractivity contribution in [1.82, 2.24) is 15.0 Å². The van der Waals surface area contributed by atoms with Crippen LogP contribution >= 0.6 is 0 Å². The maximum atomic E-state index is 11.6. The Balaban J connectivity index is 1.88. The Morgan fingerprint density at radius 1 is 1.15 bits per heavy atom. The minimum atomic E-state index is -1.49. The number of carbonyl (C=O) groups is 1. The maximum Gasteiger partial charge on any atom is 0.181 e. The summed E-state index contributed by atoms with van der Waals surface area (Å²) in [6.45, 7) is 5.72. The van der Waals surface area contributed by atoms with E-state index in [0.29, 0.717) is 0 Å². The number of hydrogen-bond donors (Lipinski definition) is 3. The van der Waals surface area contributed by atoms with Crippen LogP contribution in [0.15, 0.2) is 6.20 Å². The number of aliphatic hydroxyl groups is 3. The van der Waals surface area contributed by atoms with Gasteiger partial charge in [-0.2, -0.15) is 0 Å². The third-order valence-corrected chi connectivity index (χ3v) is 4.77. The SMILES string of the molecule is CC(=O)C1OC(n2cc(CCCCCCC(C)C)nn2)C(O)C(O)C1O. The molecule has 0 radical (unpaired) electrons. The minimum Gasteiger partial charge on any atom is -0.387 e. The summed E-state index contributed by atoms with van der Waals surface area (Å²) in [5, 5.41) is 38.0. The van der Waals surface area contributed by atoms with Crippen molar-refractivity contribution in [3.8, 4) is 0 Å². The first-order valence-corrected chi connectivity index (χ1v) is 9.42. The molecule has 5 unspecified atom stereocenters. The average molecular weight is 369 g/mol. The quantitative estimate of drug-likeness (QED) is 0.556. The second kappa shape index (κ2) is 9.55. The second-order valence-corrected chi connectivity index (χ2v) is 7.57. The summed E-state index contributed by atoms with van der Waals surface area (Å²) in [6.07, 6.45) is 1.62. The number of aromatic nitrogens is 3. The standard InChI is InChI=1S/C18H31N3O5/c1-11(2)8-6-4-5-7-9-13-10-21(20-19-13)18-16(25)14(23)15(24)17(26-18)12(3)22/h10-11,14-18,23-25H,4-9H2,1-3H3. The van der Waals surface area contributed by atoms with E-state index in [1.54, 1.807) is 6.20 Å². The lowest BCUT2D eigenvalue weighted by molar-refractivity contribution is -0.242. The summed E-state index contributed by atoms with van der Waals surface area (Å²) in [6, 6.07) is 0. The first kappa shape index (κ1) is 21.0. The Morgan fingerprint density at radius 2 is 1.85 bits per heavy atom. The van der Waals surface area contributed by atoms with Gasteiger partial charge in [0.15, 0.2) is 12.0 Å². The summed E-state index contributed by atoms with van der Waals surface area (Å²) in [5.41, 5.74) is 0.768. The molecule has 2 heterocycles. The molecule has 1 saturated heterocycles. The molecule has 148 valence electrons. The maximum absolute atomic E-state index is 11.6. The number of unbranched alkanes of at least 4 members (excludes halogenated alkanes) is 3. The Kier molecular flexibility index (Phi) is 7.69. The predicted molar refractivity (Wildman–Crippen MR) is 94.3 cm³/mol. The van der Waals surface area contributed by atoms with E-state index >= 15 is 0 Å². The van der Waals surface area contributed by atoms with Gasteiger partial charge in [0.1, 0.15) is 24.4 Å². The van der Waals surface area contributed by atoms with Crippen LogP contribution in [0.4, 0.5) is 0 Å². The zero-order valence-electron chi connectivity index (χ0n) is 15.8.